The van der Waals surface area contributed by atoms with Crippen LogP contribution in [0.4, 0.5) is 5.69 Å². The fourth-order valence-electron chi connectivity index (χ4n) is 3.05. The summed E-state index contributed by atoms with van der Waals surface area (Å²) in [7, 11) is -2.19. The van der Waals surface area contributed by atoms with Crippen LogP contribution in [0.25, 0.3) is 0 Å². The maximum absolute atomic E-state index is 12.7. The van der Waals surface area contributed by atoms with Gasteiger partial charge >= 0.3 is 0 Å². The molecule has 0 saturated heterocycles. The minimum Gasteiger partial charge on any atom is -0.269 e. The van der Waals surface area contributed by atoms with Crippen molar-refractivity contribution in [2.24, 2.45) is 5.10 Å². The Balaban J connectivity index is 1.70. The molecule has 0 aliphatic rings. The van der Waals surface area contributed by atoms with E-state index >= 15 is 0 Å². The summed E-state index contributed by atoms with van der Waals surface area (Å²) in [5.41, 5.74) is 7.80. The Kier molecular flexibility index (Phi) is 6.56. The van der Waals surface area contributed by atoms with Crippen molar-refractivity contribution in [1.29, 1.82) is 0 Å². The number of hydrogen-bond acceptors (Lipinski definition) is 4. The van der Waals surface area contributed by atoms with E-state index in [2.05, 4.69) is 24.4 Å². The van der Waals surface area contributed by atoms with E-state index in [1.54, 1.807) is 60.8 Å². The van der Waals surface area contributed by atoms with Crippen molar-refractivity contribution >= 4 is 27.8 Å². The number of anilines is 1. The molecule has 31 heavy (non-hydrogen) atoms. The number of rotatable bonds is 6. The molecule has 6 nitrogen and oxygen atoms in total. The smallest absolute Gasteiger partial charge is 0.269 e. The molecular weight excluding hydrogens is 410 g/mol. The summed E-state index contributed by atoms with van der Waals surface area (Å²) in [5.74, 6) is -0.377. The van der Waals surface area contributed by atoms with Crippen LogP contribution in [-0.2, 0) is 10.0 Å². The zero-order chi connectivity index (χ0) is 22.6. The van der Waals surface area contributed by atoms with Gasteiger partial charge in [-0.1, -0.05) is 30.3 Å². The molecule has 0 spiro atoms. The van der Waals surface area contributed by atoms with Gasteiger partial charge in [0.2, 0.25) is 0 Å². The molecule has 0 aromatic heterocycles. The first-order valence-corrected chi connectivity index (χ1v) is 11.2. The Bertz CT molecular complexity index is 1220. The molecular formula is C24H25N3O3S. The van der Waals surface area contributed by atoms with Crippen molar-refractivity contribution in [1.82, 2.24) is 5.43 Å². The summed E-state index contributed by atoms with van der Waals surface area (Å²) in [6.45, 7) is 6.12. The van der Waals surface area contributed by atoms with Crippen molar-refractivity contribution in [3.8, 4) is 0 Å². The highest BCUT2D eigenvalue weighted by Crippen LogP contribution is 2.22. The second-order valence-corrected chi connectivity index (χ2v) is 9.22. The number of nitrogens with one attached hydrogen (secondary N) is 1. The summed E-state index contributed by atoms with van der Waals surface area (Å²) >= 11 is 0. The second kappa shape index (κ2) is 9.14. The summed E-state index contributed by atoms with van der Waals surface area (Å²) in [6.07, 6.45) is 1.62. The van der Waals surface area contributed by atoms with Crippen LogP contribution in [-0.4, -0.2) is 27.6 Å². The molecule has 1 amide bonds. The standard InChI is InChI=1S/C24H25N3O3S/c1-17-10-11-21(19(3)18(17)2)16-25-26-24(28)20-12-14-22(15-13-20)27(4)31(29,30)23-8-6-5-7-9-23/h5-16H,1-4H3,(H,26,28)/b25-16-. The normalized spacial score (nSPS) is 11.5. The van der Waals surface area contributed by atoms with Gasteiger partial charge in [0.15, 0.2) is 0 Å². The molecule has 0 bridgehead atoms. The Morgan fingerprint density at radius 1 is 0.903 bits per heavy atom. The van der Waals surface area contributed by atoms with Crippen LogP contribution in [0.15, 0.2) is 76.7 Å². The second-order valence-electron chi connectivity index (χ2n) is 7.25. The van der Waals surface area contributed by atoms with Crippen LogP contribution in [0.5, 0.6) is 0 Å². The van der Waals surface area contributed by atoms with Gasteiger partial charge in [-0.05, 0) is 79.4 Å². The fourth-order valence-corrected chi connectivity index (χ4v) is 4.27. The number of aryl methyl sites for hydroxylation is 1. The van der Waals surface area contributed by atoms with E-state index in [1.807, 2.05) is 19.1 Å². The lowest BCUT2D eigenvalue weighted by molar-refractivity contribution is 0.0955. The van der Waals surface area contributed by atoms with Crippen molar-refractivity contribution < 1.29 is 13.2 Å². The molecule has 3 aromatic carbocycles. The Labute approximate surface area is 183 Å². The molecule has 0 saturated carbocycles. The van der Waals surface area contributed by atoms with Gasteiger partial charge in [-0.25, -0.2) is 13.8 Å². The molecule has 160 valence electrons. The van der Waals surface area contributed by atoms with Crippen LogP contribution in [0.1, 0.15) is 32.6 Å². The van der Waals surface area contributed by atoms with Crippen molar-refractivity contribution in [2.75, 3.05) is 11.4 Å². The quantitative estimate of drug-likeness (QED) is 0.466. The number of nitrogens with zero attached hydrogens (tertiary/aromatic N) is 2. The van der Waals surface area contributed by atoms with Crippen molar-refractivity contribution in [3.63, 3.8) is 0 Å². The topological polar surface area (TPSA) is 78.8 Å². The predicted molar refractivity (Wildman–Crippen MR) is 124 cm³/mol. The van der Waals surface area contributed by atoms with Gasteiger partial charge in [-0.3, -0.25) is 9.10 Å². The summed E-state index contributed by atoms with van der Waals surface area (Å²) < 4.78 is 26.6. The number of benzene rings is 3. The van der Waals surface area contributed by atoms with Crippen LogP contribution in [0.2, 0.25) is 0 Å². The summed E-state index contributed by atoms with van der Waals surface area (Å²) in [4.78, 5) is 12.6. The molecule has 0 aliphatic carbocycles. The summed E-state index contributed by atoms with van der Waals surface area (Å²) in [6, 6.07) is 18.5. The zero-order valence-corrected chi connectivity index (χ0v) is 18.8. The van der Waals surface area contributed by atoms with Crippen LogP contribution in [0, 0.1) is 20.8 Å². The van der Waals surface area contributed by atoms with Gasteiger partial charge < -0.3 is 0 Å². The van der Waals surface area contributed by atoms with Gasteiger partial charge in [0.25, 0.3) is 15.9 Å². The fraction of sp³-hybridized carbons (Fsp3) is 0.167. The van der Waals surface area contributed by atoms with Crippen LogP contribution < -0.4 is 9.73 Å². The number of hydrazone groups is 1. The molecule has 1 N–H and O–H groups in total. The van der Waals surface area contributed by atoms with Gasteiger partial charge in [-0.15, -0.1) is 0 Å². The van der Waals surface area contributed by atoms with Gasteiger partial charge in [0.1, 0.15) is 0 Å². The minimum absolute atomic E-state index is 0.204. The molecule has 7 heteroatoms. The van der Waals surface area contributed by atoms with Crippen LogP contribution >= 0.6 is 0 Å². The van der Waals surface area contributed by atoms with E-state index in [0.717, 1.165) is 11.1 Å². The average Bonchev–Trinajstić information content (AvgIpc) is 2.79. The molecule has 0 radical (unpaired) electrons. The highest BCUT2D eigenvalue weighted by atomic mass is 32.2. The third kappa shape index (κ3) is 4.83. The lowest BCUT2D eigenvalue weighted by atomic mass is 10.00. The lowest BCUT2D eigenvalue weighted by Crippen LogP contribution is -2.26. The van der Waals surface area contributed by atoms with Gasteiger partial charge in [0, 0.05) is 12.6 Å². The summed E-state index contributed by atoms with van der Waals surface area (Å²) in [5, 5.41) is 4.06. The Hall–Kier alpha value is -3.45. The number of hydrogen-bond donors (Lipinski definition) is 1. The van der Waals surface area contributed by atoms with E-state index in [9.17, 15) is 13.2 Å². The third-order valence-electron chi connectivity index (χ3n) is 5.36. The highest BCUT2D eigenvalue weighted by Gasteiger charge is 2.21. The third-order valence-corrected chi connectivity index (χ3v) is 7.16. The minimum atomic E-state index is -3.67. The van der Waals surface area contributed by atoms with Crippen LogP contribution in [0.3, 0.4) is 0 Å². The number of amides is 1. The van der Waals surface area contributed by atoms with Gasteiger partial charge in [0.05, 0.1) is 16.8 Å². The van der Waals surface area contributed by atoms with Crippen molar-refractivity contribution in [3.05, 3.63) is 94.5 Å². The Morgan fingerprint density at radius 2 is 1.55 bits per heavy atom. The predicted octanol–water partition coefficient (Wildman–Crippen LogP) is 4.20. The highest BCUT2D eigenvalue weighted by molar-refractivity contribution is 7.92. The van der Waals surface area contributed by atoms with Crippen molar-refractivity contribution in [2.45, 2.75) is 25.7 Å². The molecule has 3 rings (SSSR count). The molecule has 0 heterocycles. The molecule has 0 atom stereocenters. The SMILES string of the molecule is Cc1ccc(/C=N\NC(=O)c2ccc(N(C)S(=O)(=O)c3ccccc3)cc2)c(C)c1C. The van der Waals surface area contributed by atoms with E-state index in [1.165, 1.54) is 22.5 Å². The largest absolute Gasteiger partial charge is 0.271 e. The molecule has 3 aromatic rings. The van der Waals surface area contributed by atoms with E-state index < -0.39 is 10.0 Å². The Morgan fingerprint density at radius 3 is 2.19 bits per heavy atom. The maximum atomic E-state index is 12.7. The molecule has 0 aliphatic heterocycles. The number of carbonyl (C=O) groups excluding carboxylic acids is 1. The first-order valence-electron chi connectivity index (χ1n) is 9.76. The van der Waals surface area contributed by atoms with Gasteiger partial charge in [-0.2, -0.15) is 5.10 Å². The molecule has 0 fully saturated rings. The van der Waals surface area contributed by atoms with E-state index in [4.69, 9.17) is 0 Å². The first kappa shape index (κ1) is 22.2. The first-order chi connectivity index (χ1) is 14.7. The maximum Gasteiger partial charge on any atom is 0.271 e. The number of sulfonamides is 1. The zero-order valence-electron chi connectivity index (χ0n) is 18.0. The van der Waals surface area contributed by atoms with E-state index in [-0.39, 0.29) is 10.8 Å². The molecule has 0 unspecified atom stereocenters. The average molecular weight is 436 g/mol. The van der Waals surface area contributed by atoms with E-state index in [0.29, 0.717) is 11.3 Å². The number of carbonyl (C=O) groups is 1. The lowest BCUT2D eigenvalue weighted by Gasteiger charge is -2.19. The monoisotopic (exact) mass is 435 g/mol.